The number of ketones is 1. The number of carboxylic acid groups (broad SMARTS) is 1. The van der Waals surface area contributed by atoms with Crippen molar-refractivity contribution < 1.29 is 81.7 Å². The highest BCUT2D eigenvalue weighted by Crippen LogP contribution is 2.65. The Morgan fingerprint density at radius 1 is 0.821 bits per heavy atom. The zero-order chi connectivity index (χ0) is 57.3. The van der Waals surface area contributed by atoms with Crippen LogP contribution in [0.2, 0.25) is 0 Å². The second-order valence-electron chi connectivity index (χ2n) is 20.7. The van der Waals surface area contributed by atoms with Gasteiger partial charge in [-0.3, -0.25) is 28.8 Å². The number of nitrogens with one attached hydrogen (secondary N) is 4. The van der Waals surface area contributed by atoms with Gasteiger partial charge >= 0.3 is 29.8 Å². The molecule has 2 bridgehead atoms. The number of rotatable bonds is 19. The van der Waals surface area contributed by atoms with Crippen LogP contribution in [0, 0.1) is 16.7 Å². The Morgan fingerprint density at radius 3 is 1.99 bits per heavy atom. The molecule has 6 N–H and O–H groups in total. The number of hydrogen-bond donors (Lipinski definition) is 6. The molecule has 0 spiro atoms. The summed E-state index contributed by atoms with van der Waals surface area (Å²) in [4.78, 5) is 108. The van der Waals surface area contributed by atoms with Crippen molar-refractivity contribution in [3.05, 3.63) is 118 Å². The van der Waals surface area contributed by atoms with Gasteiger partial charge in [-0.1, -0.05) is 74.5 Å². The molecule has 1 heterocycles. The van der Waals surface area contributed by atoms with E-state index in [1.54, 1.807) is 115 Å². The number of carbonyl (C=O) groups is 8. The summed E-state index contributed by atoms with van der Waals surface area (Å²) in [7, 11) is 6.02. The van der Waals surface area contributed by atoms with Crippen molar-refractivity contribution in [1.82, 2.24) is 21.3 Å². The van der Waals surface area contributed by atoms with Crippen molar-refractivity contribution in [2.75, 3.05) is 48.0 Å². The third kappa shape index (κ3) is 12.2. The first-order chi connectivity index (χ1) is 36.9. The van der Waals surface area contributed by atoms with Crippen LogP contribution in [-0.2, 0) is 68.5 Å². The number of hydrogen-bond acceptors (Lipinski definition) is 18. The molecule has 0 unspecified atom stereocenters. The van der Waals surface area contributed by atoms with Crippen LogP contribution in [0.1, 0.15) is 98.7 Å². The fourth-order valence-electron chi connectivity index (χ4n) is 11.6. The molecule has 2 amide bonds. The van der Waals surface area contributed by atoms with E-state index >= 15 is 4.79 Å². The Kier molecular flexibility index (Phi) is 19.6. The smallest absolute Gasteiger partial charge is 0.338 e. The lowest BCUT2D eigenvalue weighted by Gasteiger charge is -2.67. The fourth-order valence-corrected chi connectivity index (χ4v) is 11.6. The van der Waals surface area contributed by atoms with Gasteiger partial charge in [0.15, 0.2) is 23.6 Å². The maximum Gasteiger partial charge on any atom is 0.338 e. The molecule has 0 aromatic heterocycles. The molecule has 1 aliphatic heterocycles. The number of likely N-dealkylation sites (N-methyl/N-ethyl adjacent to an activating group) is 1. The number of fused-ring (bicyclic) bond motifs is 5. The van der Waals surface area contributed by atoms with Crippen molar-refractivity contribution >= 4 is 47.4 Å². The predicted octanol–water partition coefficient (Wildman–Crippen LogP) is 3.56. The van der Waals surface area contributed by atoms with E-state index in [4.69, 9.17) is 38.3 Å². The summed E-state index contributed by atoms with van der Waals surface area (Å²) in [5.41, 5.74) is -5.55. The van der Waals surface area contributed by atoms with Gasteiger partial charge in [-0.15, -0.1) is 0 Å². The van der Waals surface area contributed by atoms with Crippen molar-refractivity contribution in [3.8, 4) is 0 Å². The molecule has 3 aromatic carbocycles. The monoisotopic (exact) mass is 1080 g/mol. The SMILES string of the molecule is CNCC(=O)O.CNCCC(=O)NCc1ccc(C(=O)N[C@@H](c2ccccc2)[C@@H](OC)C(=O)O[C@H]2C[C@@]3(O)[C@@H](OC(=O)c4ccccc4)[C@@H]4[C@]5(OC(C)=O)CO[C@@H]5C[C@H](OC)[C@@]4(C)C(=O)[C@H](OC(C)=O)C(=C2C)C3(C)C)cc1. The van der Waals surface area contributed by atoms with Crippen LogP contribution in [0.3, 0.4) is 0 Å². The molecule has 0 radical (unpaired) electrons. The highest BCUT2D eigenvalue weighted by atomic mass is 16.6. The first-order valence-corrected chi connectivity index (χ1v) is 25.7. The van der Waals surface area contributed by atoms with Gasteiger partial charge in [0.25, 0.3) is 5.91 Å². The van der Waals surface area contributed by atoms with Crippen LogP contribution in [0.5, 0.6) is 0 Å². The summed E-state index contributed by atoms with van der Waals surface area (Å²) in [5.74, 6) is -7.08. The average molecular weight is 1090 g/mol. The maximum absolute atomic E-state index is 15.9. The number of benzene rings is 3. The van der Waals surface area contributed by atoms with Crippen LogP contribution in [-0.4, -0.2) is 153 Å². The van der Waals surface area contributed by atoms with Gasteiger partial charge in [0.05, 0.1) is 42.2 Å². The molecule has 422 valence electrons. The molecule has 3 aromatic rings. The second-order valence-corrected chi connectivity index (χ2v) is 20.7. The molecule has 11 atom stereocenters. The lowest BCUT2D eigenvalue weighted by atomic mass is 9.44. The van der Waals surface area contributed by atoms with E-state index in [0.29, 0.717) is 18.5 Å². The van der Waals surface area contributed by atoms with Gasteiger partial charge in [0, 0.05) is 71.4 Å². The number of esters is 4. The molecular formula is C57H72N4O17. The largest absolute Gasteiger partial charge is 0.480 e. The number of carbonyl (C=O) groups excluding carboxylic acids is 7. The Bertz CT molecular complexity index is 2720. The molecule has 21 nitrogen and oxygen atoms in total. The van der Waals surface area contributed by atoms with Gasteiger partial charge in [-0.2, -0.15) is 0 Å². The molecule has 2 saturated carbocycles. The summed E-state index contributed by atoms with van der Waals surface area (Å²) >= 11 is 0. The summed E-state index contributed by atoms with van der Waals surface area (Å²) in [6.45, 7) is 9.32. The van der Waals surface area contributed by atoms with Crippen LogP contribution in [0.25, 0.3) is 0 Å². The van der Waals surface area contributed by atoms with Crippen LogP contribution in [0.4, 0.5) is 0 Å². The third-order valence-electron chi connectivity index (χ3n) is 15.6. The Balaban J connectivity index is 0.00000155. The van der Waals surface area contributed by atoms with Crippen molar-refractivity contribution in [2.24, 2.45) is 16.7 Å². The molecular weight excluding hydrogens is 1010 g/mol. The maximum atomic E-state index is 15.9. The van der Waals surface area contributed by atoms with Crippen molar-refractivity contribution in [2.45, 2.75) is 121 Å². The number of Topliss-reactive ketones (excluding diaryl/α,β-unsaturated/α-hetero) is 1. The Morgan fingerprint density at radius 2 is 1.46 bits per heavy atom. The summed E-state index contributed by atoms with van der Waals surface area (Å²) in [6.07, 6.45) is -8.47. The molecule has 3 fully saturated rings. The summed E-state index contributed by atoms with van der Waals surface area (Å²) in [6, 6.07) is 22.1. The van der Waals surface area contributed by atoms with Crippen LogP contribution < -0.4 is 21.3 Å². The van der Waals surface area contributed by atoms with Gasteiger partial charge in [0.1, 0.15) is 23.9 Å². The minimum absolute atomic E-state index is 0.0364. The molecule has 1 saturated heterocycles. The van der Waals surface area contributed by atoms with Gasteiger partial charge in [-0.05, 0) is 74.5 Å². The number of carboxylic acids is 1. The summed E-state index contributed by atoms with van der Waals surface area (Å²) < 4.78 is 43.2. The van der Waals surface area contributed by atoms with E-state index in [-0.39, 0.29) is 54.3 Å². The molecule has 78 heavy (non-hydrogen) atoms. The zero-order valence-corrected chi connectivity index (χ0v) is 45.7. The number of ether oxygens (including phenoxy) is 7. The first-order valence-electron chi connectivity index (χ1n) is 25.7. The van der Waals surface area contributed by atoms with E-state index in [2.05, 4.69) is 21.3 Å². The van der Waals surface area contributed by atoms with Crippen molar-refractivity contribution in [1.29, 1.82) is 0 Å². The highest BCUT2D eigenvalue weighted by Gasteiger charge is 2.78. The molecule has 21 heteroatoms. The van der Waals surface area contributed by atoms with E-state index in [0.717, 1.165) is 12.5 Å². The van der Waals surface area contributed by atoms with E-state index in [1.807, 2.05) is 0 Å². The Hall–Kier alpha value is -6.88. The van der Waals surface area contributed by atoms with E-state index in [1.165, 1.54) is 33.3 Å². The zero-order valence-electron chi connectivity index (χ0n) is 45.7. The van der Waals surface area contributed by atoms with Gasteiger partial charge in [0.2, 0.25) is 5.91 Å². The minimum atomic E-state index is -2.33. The quantitative estimate of drug-likeness (QED) is 0.0568. The number of aliphatic carboxylic acids is 1. The van der Waals surface area contributed by atoms with Crippen molar-refractivity contribution in [3.63, 3.8) is 0 Å². The minimum Gasteiger partial charge on any atom is -0.480 e. The van der Waals surface area contributed by atoms with Crippen LogP contribution in [0.15, 0.2) is 96.1 Å². The highest BCUT2D eigenvalue weighted by molar-refractivity contribution is 5.96. The van der Waals surface area contributed by atoms with Gasteiger partial charge in [-0.25, -0.2) is 9.59 Å². The number of methoxy groups -OCH3 is 2. The normalized spacial score (nSPS) is 27.4. The van der Waals surface area contributed by atoms with E-state index in [9.17, 15) is 38.7 Å². The topological polar surface area (TPSA) is 290 Å². The lowest BCUT2D eigenvalue weighted by molar-refractivity contribution is -0.347. The molecule has 4 aliphatic rings. The standard InChI is InChI=1S/C54H65N3O15.C3H7NO2/c1-30-37(70-50(64)44(67-9)42(34-16-12-10-13-17-34)57-48(62)35-22-20-33(21-23-35)28-56-40(60)24-25-55-7)27-54(65)47(71-49(63)36-18-14-11-15-19-36)45-52(6,46(61)43(69-31(2)58)41(30)51(54,4)5)38(66-8)26-39-53(45,29-68-39)72-32(3)59;1-4-2-3(5)6/h10-23,37-39,42-45,47,55,65H,24-29H2,1-9H3,(H,56,60)(H,57,62);4H,2H2,1H3,(H,5,6)/t37-,38-,39+,42-,43+,44+,45-,47-,52+,53-,54+;/m0./s1. The average Bonchev–Trinajstić information content (AvgIpc) is 3.59. The first kappa shape index (κ1) is 60.4. The lowest BCUT2D eigenvalue weighted by Crippen LogP contribution is -2.82. The number of aliphatic hydroxyl groups is 1. The predicted molar refractivity (Wildman–Crippen MR) is 279 cm³/mol. The fraction of sp³-hybridized carbons (Fsp3) is 0.509. The second kappa shape index (κ2) is 25.3. The van der Waals surface area contributed by atoms with Crippen LogP contribution >= 0.6 is 0 Å². The van der Waals surface area contributed by atoms with Gasteiger partial charge < -0.3 is 64.6 Å². The third-order valence-corrected chi connectivity index (χ3v) is 15.6. The number of amides is 2. The molecule has 3 aliphatic carbocycles. The summed E-state index contributed by atoms with van der Waals surface area (Å²) in [5, 5.41) is 33.0. The Labute approximate surface area is 453 Å². The van der Waals surface area contributed by atoms with E-state index < -0.39 is 119 Å². The molecule has 7 rings (SSSR count).